The zero-order valence-corrected chi connectivity index (χ0v) is 16.5. The number of piperidine rings is 1. The first-order valence-electron chi connectivity index (χ1n) is 10.2. The Balaban J connectivity index is 1.25. The molecule has 1 aliphatic rings. The van der Waals surface area contributed by atoms with Crippen molar-refractivity contribution in [3.8, 4) is 22.9 Å². The van der Waals surface area contributed by atoms with Crippen LogP contribution in [-0.4, -0.2) is 35.6 Å². The Morgan fingerprint density at radius 2 is 1.62 bits per heavy atom. The SMILES string of the molecule is N#Cc1ccc(-c2ccc(OC3CCN(CCc4ccccn4)CC3)cc2)cc1. The van der Waals surface area contributed by atoms with E-state index in [4.69, 9.17) is 10.00 Å². The van der Waals surface area contributed by atoms with Crippen molar-refractivity contribution >= 4 is 0 Å². The van der Waals surface area contributed by atoms with Gasteiger partial charge in [0.15, 0.2) is 0 Å². The van der Waals surface area contributed by atoms with E-state index in [1.807, 2.05) is 48.7 Å². The highest BCUT2D eigenvalue weighted by molar-refractivity contribution is 5.64. The first-order chi connectivity index (χ1) is 14.3. The van der Waals surface area contributed by atoms with Crippen LogP contribution in [0, 0.1) is 11.3 Å². The van der Waals surface area contributed by atoms with Gasteiger partial charge in [-0.25, -0.2) is 0 Å². The van der Waals surface area contributed by atoms with E-state index in [-0.39, 0.29) is 6.10 Å². The number of benzene rings is 2. The number of ether oxygens (including phenoxy) is 1. The van der Waals surface area contributed by atoms with E-state index in [1.54, 1.807) is 0 Å². The van der Waals surface area contributed by atoms with Gasteiger partial charge in [-0.2, -0.15) is 5.26 Å². The third-order valence-corrected chi connectivity index (χ3v) is 5.45. The lowest BCUT2D eigenvalue weighted by atomic mass is 10.0. The Labute approximate surface area is 172 Å². The molecule has 1 aromatic heterocycles. The molecule has 0 amide bonds. The maximum Gasteiger partial charge on any atom is 0.119 e. The maximum atomic E-state index is 8.92. The van der Waals surface area contributed by atoms with E-state index in [2.05, 4.69) is 40.2 Å². The first kappa shape index (κ1) is 19.2. The largest absolute Gasteiger partial charge is 0.490 e. The molecular weight excluding hydrogens is 358 g/mol. The molecule has 0 aliphatic carbocycles. The number of hydrogen-bond acceptors (Lipinski definition) is 4. The van der Waals surface area contributed by atoms with Crippen molar-refractivity contribution in [1.29, 1.82) is 5.26 Å². The predicted molar refractivity (Wildman–Crippen MR) is 115 cm³/mol. The minimum absolute atomic E-state index is 0.280. The summed E-state index contributed by atoms with van der Waals surface area (Å²) >= 11 is 0. The fourth-order valence-corrected chi connectivity index (χ4v) is 3.73. The van der Waals surface area contributed by atoms with Crippen LogP contribution in [0.3, 0.4) is 0 Å². The van der Waals surface area contributed by atoms with Crippen LogP contribution in [0.25, 0.3) is 11.1 Å². The minimum Gasteiger partial charge on any atom is -0.490 e. The number of likely N-dealkylation sites (tertiary alicyclic amines) is 1. The van der Waals surface area contributed by atoms with Crippen molar-refractivity contribution in [3.05, 3.63) is 84.2 Å². The Hall–Kier alpha value is -3.16. The molecule has 0 N–H and O–H groups in total. The molecule has 2 heterocycles. The van der Waals surface area contributed by atoms with Gasteiger partial charge in [-0.15, -0.1) is 0 Å². The summed E-state index contributed by atoms with van der Waals surface area (Å²) in [4.78, 5) is 6.91. The van der Waals surface area contributed by atoms with E-state index >= 15 is 0 Å². The third-order valence-electron chi connectivity index (χ3n) is 5.45. The smallest absolute Gasteiger partial charge is 0.119 e. The van der Waals surface area contributed by atoms with Crippen LogP contribution < -0.4 is 4.74 Å². The van der Waals surface area contributed by atoms with E-state index in [1.165, 1.54) is 0 Å². The number of rotatable bonds is 6. The summed E-state index contributed by atoms with van der Waals surface area (Å²) in [7, 11) is 0. The van der Waals surface area contributed by atoms with Crippen LogP contribution in [0.5, 0.6) is 5.75 Å². The second-order valence-electron chi connectivity index (χ2n) is 7.44. The Kier molecular flexibility index (Phi) is 6.19. The van der Waals surface area contributed by atoms with Crippen LogP contribution in [0.1, 0.15) is 24.1 Å². The van der Waals surface area contributed by atoms with Crippen molar-refractivity contribution in [3.63, 3.8) is 0 Å². The quantitative estimate of drug-likeness (QED) is 0.619. The summed E-state index contributed by atoms with van der Waals surface area (Å²) < 4.78 is 6.21. The van der Waals surface area contributed by atoms with Crippen LogP contribution in [0.15, 0.2) is 72.9 Å². The lowest BCUT2D eigenvalue weighted by Crippen LogP contribution is -2.39. The number of nitrogens with zero attached hydrogens (tertiary/aromatic N) is 3. The zero-order chi connectivity index (χ0) is 19.9. The molecule has 4 heteroatoms. The zero-order valence-electron chi connectivity index (χ0n) is 16.5. The van der Waals surface area contributed by atoms with Crippen LogP contribution >= 0.6 is 0 Å². The normalized spacial score (nSPS) is 15.0. The summed E-state index contributed by atoms with van der Waals surface area (Å²) in [5, 5.41) is 8.92. The highest BCUT2D eigenvalue weighted by Crippen LogP contribution is 2.25. The lowest BCUT2D eigenvalue weighted by molar-refractivity contribution is 0.101. The van der Waals surface area contributed by atoms with E-state index in [0.717, 1.165) is 61.5 Å². The average molecular weight is 383 g/mol. The molecule has 2 aromatic carbocycles. The van der Waals surface area contributed by atoms with Gasteiger partial charge in [0.2, 0.25) is 0 Å². The lowest BCUT2D eigenvalue weighted by Gasteiger charge is -2.32. The van der Waals surface area contributed by atoms with E-state index in [0.29, 0.717) is 5.56 Å². The maximum absolute atomic E-state index is 8.92. The molecule has 0 atom stereocenters. The van der Waals surface area contributed by atoms with Crippen molar-refractivity contribution in [1.82, 2.24) is 9.88 Å². The summed E-state index contributed by atoms with van der Waals surface area (Å²) in [5.41, 5.74) is 4.08. The summed E-state index contributed by atoms with van der Waals surface area (Å²) in [6.45, 7) is 3.20. The molecule has 1 saturated heterocycles. The average Bonchev–Trinajstić information content (AvgIpc) is 2.80. The van der Waals surface area contributed by atoms with Gasteiger partial charge in [-0.3, -0.25) is 4.98 Å². The van der Waals surface area contributed by atoms with Crippen molar-refractivity contribution < 1.29 is 4.74 Å². The molecule has 4 rings (SSSR count). The molecule has 0 saturated carbocycles. The number of nitriles is 1. The van der Waals surface area contributed by atoms with Gasteiger partial charge in [0.05, 0.1) is 11.6 Å². The van der Waals surface area contributed by atoms with Gasteiger partial charge >= 0.3 is 0 Å². The second kappa shape index (κ2) is 9.36. The molecule has 3 aromatic rings. The topological polar surface area (TPSA) is 49.1 Å². The van der Waals surface area contributed by atoms with E-state index < -0.39 is 0 Å². The third kappa shape index (κ3) is 5.22. The number of pyridine rings is 1. The Morgan fingerprint density at radius 1 is 0.931 bits per heavy atom. The molecule has 4 nitrogen and oxygen atoms in total. The number of hydrogen-bond donors (Lipinski definition) is 0. The van der Waals surface area contributed by atoms with Crippen LogP contribution in [0.4, 0.5) is 0 Å². The fraction of sp³-hybridized carbons (Fsp3) is 0.280. The van der Waals surface area contributed by atoms with Crippen molar-refractivity contribution in [2.45, 2.75) is 25.4 Å². The summed E-state index contributed by atoms with van der Waals surface area (Å²) in [5.74, 6) is 0.925. The molecule has 1 fully saturated rings. The highest BCUT2D eigenvalue weighted by atomic mass is 16.5. The van der Waals surface area contributed by atoms with Crippen LogP contribution in [0.2, 0.25) is 0 Å². The van der Waals surface area contributed by atoms with Gasteiger partial charge in [0, 0.05) is 37.9 Å². The first-order valence-corrected chi connectivity index (χ1v) is 10.2. The Morgan fingerprint density at radius 3 is 2.24 bits per heavy atom. The number of aromatic nitrogens is 1. The molecule has 1 aliphatic heterocycles. The van der Waals surface area contributed by atoms with Gasteiger partial charge in [-0.05, 0) is 60.4 Å². The Bertz CT molecular complexity index is 938. The summed E-state index contributed by atoms with van der Waals surface area (Å²) in [6, 6.07) is 24.2. The fourth-order valence-electron chi connectivity index (χ4n) is 3.73. The van der Waals surface area contributed by atoms with Gasteiger partial charge in [0.25, 0.3) is 0 Å². The molecule has 0 spiro atoms. The van der Waals surface area contributed by atoms with E-state index in [9.17, 15) is 0 Å². The standard InChI is InChI=1S/C25H25N3O/c26-19-20-4-6-21(7-5-20)22-8-10-24(11-9-22)29-25-13-17-28(18-14-25)16-12-23-3-1-2-15-27-23/h1-11,15,25H,12-14,16-18H2. The molecule has 146 valence electrons. The van der Waals surface area contributed by atoms with Crippen LogP contribution in [-0.2, 0) is 6.42 Å². The summed E-state index contributed by atoms with van der Waals surface area (Å²) in [6.07, 6.45) is 5.26. The predicted octanol–water partition coefficient (Wildman–Crippen LogP) is 4.71. The molecule has 0 radical (unpaired) electrons. The van der Waals surface area contributed by atoms with Crippen molar-refractivity contribution in [2.24, 2.45) is 0 Å². The molecule has 0 bridgehead atoms. The molecule has 0 unspecified atom stereocenters. The van der Waals surface area contributed by atoms with Gasteiger partial charge in [0.1, 0.15) is 11.9 Å². The van der Waals surface area contributed by atoms with Gasteiger partial charge < -0.3 is 9.64 Å². The minimum atomic E-state index is 0.280. The van der Waals surface area contributed by atoms with Gasteiger partial charge in [-0.1, -0.05) is 30.3 Å². The molecule has 29 heavy (non-hydrogen) atoms. The highest BCUT2D eigenvalue weighted by Gasteiger charge is 2.20. The monoisotopic (exact) mass is 383 g/mol. The molecular formula is C25H25N3O. The van der Waals surface area contributed by atoms with Crippen molar-refractivity contribution in [2.75, 3.05) is 19.6 Å². The second-order valence-corrected chi connectivity index (χ2v) is 7.44.